The fourth-order valence-electron chi connectivity index (χ4n) is 2.14. The smallest absolute Gasteiger partial charge is 0.293 e. The summed E-state index contributed by atoms with van der Waals surface area (Å²) in [5.41, 5.74) is 0.581. The highest BCUT2D eigenvalue weighted by Gasteiger charge is 2.05. The zero-order valence-corrected chi connectivity index (χ0v) is 10.1. The summed E-state index contributed by atoms with van der Waals surface area (Å²) in [4.78, 5) is 18.0. The molecule has 1 heterocycles. The van der Waals surface area contributed by atoms with Crippen LogP contribution in [0.2, 0.25) is 0 Å². The Balaban J connectivity index is 2.05. The molecule has 94 valence electrons. The van der Waals surface area contributed by atoms with Crippen LogP contribution in [0.5, 0.6) is 5.75 Å². The molecule has 0 atom stereocenters. The number of hydrogen-bond donors (Lipinski definition) is 2. The summed E-state index contributed by atoms with van der Waals surface area (Å²) >= 11 is 0. The van der Waals surface area contributed by atoms with Gasteiger partial charge in [0.2, 0.25) is 0 Å². The molecule has 3 aromatic rings. The van der Waals surface area contributed by atoms with E-state index in [4.69, 9.17) is 0 Å². The third kappa shape index (κ3) is 2.20. The quantitative estimate of drug-likeness (QED) is 0.735. The van der Waals surface area contributed by atoms with Gasteiger partial charge in [-0.25, -0.2) is 4.98 Å². The molecule has 0 aliphatic carbocycles. The summed E-state index contributed by atoms with van der Waals surface area (Å²) in [5, 5.41) is 11.5. The number of aromatic nitrogens is 2. The van der Waals surface area contributed by atoms with Crippen molar-refractivity contribution in [3.05, 3.63) is 70.4 Å². The highest BCUT2D eigenvalue weighted by atomic mass is 16.3. The lowest BCUT2D eigenvalue weighted by Gasteiger charge is -2.06. The fraction of sp³-hybridized carbons (Fsp3) is 0.0667. The fourth-order valence-corrected chi connectivity index (χ4v) is 2.14. The number of H-pyrrole nitrogens is 1. The van der Waals surface area contributed by atoms with E-state index < -0.39 is 5.56 Å². The molecule has 4 nitrogen and oxygen atoms in total. The first-order chi connectivity index (χ1) is 9.24. The monoisotopic (exact) mass is 252 g/mol. The first-order valence-corrected chi connectivity index (χ1v) is 5.98. The maximum atomic E-state index is 11.3. The molecule has 0 bridgehead atoms. The van der Waals surface area contributed by atoms with Crippen LogP contribution < -0.4 is 5.56 Å². The summed E-state index contributed by atoms with van der Waals surface area (Å²) in [6, 6.07) is 14.1. The van der Waals surface area contributed by atoms with Crippen molar-refractivity contribution < 1.29 is 5.11 Å². The van der Waals surface area contributed by atoms with Gasteiger partial charge in [0.25, 0.3) is 5.56 Å². The normalized spacial score (nSPS) is 10.7. The van der Waals surface area contributed by atoms with Crippen LogP contribution in [0.4, 0.5) is 0 Å². The molecule has 0 saturated heterocycles. The second-order valence-corrected chi connectivity index (χ2v) is 4.36. The van der Waals surface area contributed by atoms with Gasteiger partial charge in [-0.15, -0.1) is 0 Å². The second kappa shape index (κ2) is 4.57. The van der Waals surface area contributed by atoms with Crippen LogP contribution in [0.1, 0.15) is 11.4 Å². The maximum Gasteiger partial charge on any atom is 0.293 e. The standard InChI is InChI=1S/C15H12N2O2/c18-13-9-16-14(17-15(13)19)8-11-6-3-5-10-4-1-2-7-12(10)11/h1-7,9,18H,8H2,(H,16,17,19). The molecule has 0 aliphatic rings. The summed E-state index contributed by atoms with van der Waals surface area (Å²) < 4.78 is 0. The Bertz CT molecular complexity index is 788. The van der Waals surface area contributed by atoms with Gasteiger partial charge >= 0.3 is 0 Å². The first-order valence-electron chi connectivity index (χ1n) is 5.98. The molecular weight excluding hydrogens is 240 g/mol. The zero-order chi connectivity index (χ0) is 13.2. The van der Waals surface area contributed by atoms with Crippen LogP contribution in [0.3, 0.4) is 0 Å². The van der Waals surface area contributed by atoms with E-state index in [0.717, 1.165) is 16.3 Å². The summed E-state index contributed by atoms with van der Waals surface area (Å²) in [5.74, 6) is 0.181. The number of aromatic amines is 1. The average molecular weight is 252 g/mol. The van der Waals surface area contributed by atoms with Gasteiger partial charge in [0.15, 0.2) is 5.75 Å². The maximum absolute atomic E-state index is 11.3. The number of aromatic hydroxyl groups is 1. The SMILES string of the molecule is O=c1[nH]c(Cc2cccc3ccccc23)ncc1O. The molecular formula is C15H12N2O2. The molecule has 0 amide bonds. The minimum Gasteiger partial charge on any atom is -0.502 e. The van der Waals surface area contributed by atoms with Gasteiger partial charge in [0, 0.05) is 6.42 Å². The van der Waals surface area contributed by atoms with Crippen molar-refractivity contribution in [3.63, 3.8) is 0 Å². The van der Waals surface area contributed by atoms with Crippen LogP contribution in [0.25, 0.3) is 10.8 Å². The minimum absolute atomic E-state index is 0.360. The Morgan fingerprint density at radius 2 is 1.89 bits per heavy atom. The van der Waals surface area contributed by atoms with E-state index in [1.807, 2.05) is 42.5 Å². The van der Waals surface area contributed by atoms with Gasteiger partial charge < -0.3 is 10.1 Å². The van der Waals surface area contributed by atoms with Crippen LogP contribution in [-0.4, -0.2) is 15.1 Å². The van der Waals surface area contributed by atoms with Crippen molar-refractivity contribution >= 4 is 10.8 Å². The molecule has 0 fully saturated rings. The Morgan fingerprint density at radius 1 is 1.11 bits per heavy atom. The first kappa shape index (κ1) is 11.5. The third-order valence-corrected chi connectivity index (χ3v) is 3.07. The summed E-state index contributed by atoms with van der Waals surface area (Å²) in [7, 11) is 0. The number of rotatable bonds is 2. The number of nitrogens with zero attached hydrogens (tertiary/aromatic N) is 1. The molecule has 3 rings (SSSR count). The average Bonchev–Trinajstić information content (AvgIpc) is 2.43. The predicted octanol–water partition coefficient (Wildman–Crippen LogP) is 2.22. The van der Waals surface area contributed by atoms with Crippen molar-refractivity contribution in [3.8, 4) is 5.75 Å². The largest absolute Gasteiger partial charge is 0.502 e. The van der Waals surface area contributed by atoms with Gasteiger partial charge in [-0.05, 0) is 16.3 Å². The lowest BCUT2D eigenvalue weighted by molar-refractivity contribution is 0.462. The van der Waals surface area contributed by atoms with Gasteiger partial charge in [0.1, 0.15) is 5.82 Å². The van der Waals surface area contributed by atoms with E-state index in [1.54, 1.807) is 0 Å². The molecule has 0 spiro atoms. The van der Waals surface area contributed by atoms with E-state index in [1.165, 1.54) is 6.20 Å². The second-order valence-electron chi connectivity index (χ2n) is 4.36. The van der Waals surface area contributed by atoms with Gasteiger partial charge in [-0.1, -0.05) is 42.5 Å². The number of hydrogen-bond acceptors (Lipinski definition) is 3. The van der Waals surface area contributed by atoms with E-state index in [0.29, 0.717) is 12.2 Å². The van der Waals surface area contributed by atoms with Crippen LogP contribution >= 0.6 is 0 Å². The molecule has 2 N–H and O–H groups in total. The van der Waals surface area contributed by atoms with Crippen LogP contribution in [0, 0.1) is 0 Å². The molecule has 1 aromatic heterocycles. The van der Waals surface area contributed by atoms with Crippen molar-refractivity contribution in [1.29, 1.82) is 0 Å². The van der Waals surface area contributed by atoms with Gasteiger partial charge in [-0.2, -0.15) is 0 Å². The molecule has 0 unspecified atom stereocenters. The molecule has 19 heavy (non-hydrogen) atoms. The Labute approximate surface area is 109 Å². The summed E-state index contributed by atoms with van der Waals surface area (Å²) in [6.07, 6.45) is 1.70. The predicted molar refractivity (Wildman–Crippen MR) is 73.3 cm³/mol. The molecule has 4 heteroatoms. The van der Waals surface area contributed by atoms with Crippen molar-refractivity contribution in [2.24, 2.45) is 0 Å². The Hall–Kier alpha value is -2.62. The minimum atomic E-state index is -0.509. The Kier molecular flexibility index (Phi) is 2.76. The van der Waals surface area contributed by atoms with E-state index in [-0.39, 0.29) is 5.75 Å². The molecule has 0 saturated carbocycles. The topological polar surface area (TPSA) is 66.0 Å². The number of benzene rings is 2. The molecule has 0 aliphatic heterocycles. The van der Waals surface area contributed by atoms with E-state index in [9.17, 15) is 9.90 Å². The van der Waals surface area contributed by atoms with Crippen molar-refractivity contribution in [2.45, 2.75) is 6.42 Å². The third-order valence-electron chi connectivity index (χ3n) is 3.07. The highest BCUT2D eigenvalue weighted by Crippen LogP contribution is 2.20. The number of fused-ring (bicyclic) bond motifs is 1. The molecule has 0 radical (unpaired) electrons. The van der Waals surface area contributed by atoms with Gasteiger partial charge in [-0.3, -0.25) is 4.79 Å². The van der Waals surface area contributed by atoms with E-state index in [2.05, 4.69) is 9.97 Å². The highest BCUT2D eigenvalue weighted by molar-refractivity contribution is 5.85. The zero-order valence-electron chi connectivity index (χ0n) is 10.1. The van der Waals surface area contributed by atoms with Crippen molar-refractivity contribution in [1.82, 2.24) is 9.97 Å². The lowest BCUT2D eigenvalue weighted by atomic mass is 10.0. The lowest BCUT2D eigenvalue weighted by Crippen LogP contribution is -2.10. The van der Waals surface area contributed by atoms with Crippen LogP contribution in [-0.2, 0) is 6.42 Å². The van der Waals surface area contributed by atoms with E-state index >= 15 is 0 Å². The van der Waals surface area contributed by atoms with Crippen molar-refractivity contribution in [2.75, 3.05) is 0 Å². The van der Waals surface area contributed by atoms with Crippen LogP contribution in [0.15, 0.2) is 53.5 Å². The Morgan fingerprint density at radius 3 is 2.74 bits per heavy atom. The van der Waals surface area contributed by atoms with Gasteiger partial charge in [0.05, 0.1) is 6.20 Å². The summed E-state index contributed by atoms with van der Waals surface area (Å²) in [6.45, 7) is 0. The molecule has 2 aromatic carbocycles. The number of nitrogens with one attached hydrogen (secondary N) is 1.